The largest absolute Gasteiger partial charge is 0.474 e. The third kappa shape index (κ3) is 2.05. The molecule has 1 aromatic carbocycles. The second-order valence-electron chi connectivity index (χ2n) is 3.17. The van der Waals surface area contributed by atoms with E-state index in [-0.39, 0.29) is 13.2 Å². The fourth-order valence-corrected chi connectivity index (χ4v) is 1.35. The smallest absolute Gasteiger partial charge is 0.236 e. The first kappa shape index (κ1) is 9.86. The van der Waals surface area contributed by atoms with Gasteiger partial charge in [0, 0.05) is 0 Å². The Balaban J connectivity index is 2.43. The number of hydrogen-bond acceptors (Lipinski definition) is 4. The first-order valence-corrected chi connectivity index (χ1v) is 4.78. The minimum atomic E-state index is -0.0199. The molecule has 0 bridgehead atoms. The van der Waals surface area contributed by atoms with Crippen LogP contribution in [0.5, 0.6) is 5.88 Å². The summed E-state index contributed by atoms with van der Waals surface area (Å²) >= 11 is 0. The summed E-state index contributed by atoms with van der Waals surface area (Å²) in [5.74, 6) is 0.489. The first-order chi connectivity index (χ1) is 7.31. The first-order valence-electron chi connectivity index (χ1n) is 4.78. The van der Waals surface area contributed by atoms with Crippen molar-refractivity contribution < 1.29 is 9.84 Å². The van der Waals surface area contributed by atoms with Gasteiger partial charge < -0.3 is 9.84 Å². The molecule has 0 atom stereocenters. The molecule has 78 valence electrons. The van der Waals surface area contributed by atoms with Crippen molar-refractivity contribution in [2.75, 3.05) is 13.2 Å². The van der Waals surface area contributed by atoms with Crippen molar-refractivity contribution in [2.45, 2.75) is 6.92 Å². The second kappa shape index (κ2) is 4.23. The van der Waals surface area contributed by atoms with Crippen LogP contribution in [-0.2, 0) is 0 Å². The van der Waals surface area contributed by atoms with Crippen molar-refractivity contribution >= 4 is 11.0 Å². The van der Waals surface area contributed by atoms with E-state index in [0.29, 0.717) is 5.88 Å². The Morgan fingerprint density at radius 1 is 1.20 bits per heavy atom. The number of benzene rings is 1. The van der Waals surface area contributed by atoms with Crippen LogP contribution in [0.2, 0.25) is 0 Å². The molecule has 4 nitrogen and oxygen atoms in total. The fourth-order valence-electron chi connectivity index (χ4n) is 1.35. The summed E-state index contributed by atoms with van der Waals surface area (Å²) in [6.07, 6.45) is 0. The zero-order valence-corrected chi connectivity index (χ0v) is 8.47. The molecule has 0 spiro atoms. The molecule has 2 rings (SSSR count). The number of nitrogens with zero attached hydrogens (tertiary/aromatic N) is 2. The van der Waals surface area contributed by atoms with Crippen molar-refractivity contribution in [1.82, 2.24) is 9.97 Å². The van der Waals surface area contributed by atoms with Gasteiger partial charge in [0.15, 0.2) is 0 Å². The van der Waals surface area contributed by atoms with Crippen molar-refractivity contribution in [2.24, 2.45) is 0 Å². The van der Waals surface area contributed by atoms with Gasteiger partial charge in [-0.1, -0.05) is 12.1 Å². The summed E-state index contributed by atoms with van der Waals surface area (Å²) in [6, 6.07) is 7.62. The van der Waals surface area contributed by atoms with Crippen LogP contribution in [0.4, 0.5) is 0 Å². The Hall–Kier alpha value is -1.68. The predicted molar refractivity (Wildman–Crippen MR) is 56.9 cm³/mol. The molecule has 0 aliphatic carbocycles. The maximum absolute atomic E-state index is 8.66. The Morgan fingerprint density at radius 3 is 2.53 bits per heavy atom. The van der Waals surface area contributed by atoms with Crippen molar-refractivity contribution in [3.8, 4) is 5.88 Å². The summed E-state index contributed by atoms with van der Waals surface area (Å²) in [5, 5.41) is 8.66. The summed E-state index contributed by atoms with van der Waals surface area (Å²) in [7, 11) is 0. The van der Waals surface area contributed by atoms with E-state index in [1.807, 2.05) is 31.2 Å². The molecule has 0 unspecified atom stereocenters. The standard InChI is InChI=1S/C11H12N2O2/c1-8-11(15-7-6-14)13-10-5-3-2-4-9(10)12-8/h2-5,14H,6-7H2,1H3. The minimum absolute atomic E-state index is 0.0199. The number of para-hydroxylation sites is 2. The molecule has 0 saturated heterocycles. The number of ether oxygens (including phenoxy) is 1. The number of aromatic nitrogens is 2. The molecule has 4 heteroatoms. The van der Waals surface area contributed by atoms with Crippen LogP contribution in [0.3, 0.4) is 0 Å². The molecule has 0 aliphatic heterocycles. The molecule has 0 aliphatic rings. The van der Waals surface area contributed by atoms with Gasteiger partial charge >= 0.3 is 0 Å². The Labute approximate surface area is 87.6 Å². The normalized spacial score (nSPS) is 10.5. The molecule has 0 saturated carbocycles. The maximum Gasteiger partial charge on any atom is 0.236 e. The quantitative estimate of drug-likeness (QED) is 0.819. The van der Waals surface area contributed by atoms with Gasteiger partial charge in [-0.3, -0.25) is 0 Å². The number of fused-ring (bicyclic) bond motifs is 1. The van der Waals surface area contributed by atoms with Crippen LogP contribution in [0.15, 0.2) is 24.3 Å². The topological polar surface area (TPSA) is 55.2 Å². The number of aliphatic hydroxyl groups excluding tert-OH is 1. The molecule has 0 fully saturated rings. The van der Waals surface area contributed by atoms with Crippen LogP contribution in [-0.4, -0.2) is 28.3 Å². The average Bonchev–Trinajstić information content (AvgIpc) is 2.26. The highest BCUT2D eigenvalue weighted by atomic mass is 16.5. The van der Waals surface area contributed by atoms with E-state index < -0.39 is 0 Å². The Morgan fingerprint density at radius 2 is 1.87 bits per heavy atom. The summed E-state index contributed by atoms with van der Waals surface area (Å²) in [6.45, 7) is 2.06. The lowest BCUT2D eigenvalue weighted by atomic mass is 10.3. The lowest BCUT2D eigenvalue weighted by Gasteiger charge is -2.06. The molecular weight excluding hydrogens is 192 g/mol. The van der Waals surface area contributed by atoms with E-state index in [1.54, 1.807) is 0 Å². The zero-order chi connectivity index (χ0) is 10.7. The monoisotopic (exact) mass is 204 g/mol. The van der Waals surface area contributed by atoms with E-state index in [2.05, 4.69) is 9.97 Å². The van der Waals surface area contributed by atoms with Crippen molar-refractivity contribution in [3.05, 3.63) is 30.0 Å². The van der Waals surface area contributed by atoms with Gasteiger partial charge in [0.1, 0.15) is 12.3 Å². The van der Waals surface area contributed by atoms with E-state index >= 15 is 0 Å². The minimum Gasteiger partial charge on any atom is -0.474 e. The van der Waals surface area contributed by atoms with Gasteiger partial charge in [-0.2, -0.15) is 0 Å². The van der Waals surface area contributed by atoms with Gasteiger partial charge in [0.2, 0.25) is 5.88 Å². The Bertz CT molecular complexity index is 471. The van der Waals surface area contributed by atoms with Gasteiger partial charge in [-0.15, -0.1) is 0 Å². The van der Waals surface area contributed by atoms with E-state index in [0.717, 1.165) is 16.7 Å². The van der Waals surface area contributed by atoms with Gasteiger partial charge in [0.25, 0.3) is 0 Å². The van der Waals surface area contributed by atoms with E-state index in [9.17, 15) is 0 Å². The average molecular weight is 204 g/mol. The van der Waals surface area contributed by atoms with Gasteiger partial charge in [-0.05, 0) is 19.1 Å². The second-order valence-corrected chi connectivity index (χ2v) is 3.17. The van der Waals surface area contributed by atoms with Crippen LogP contribution in [0.25, 0.3) is 11.0 Å². The highest BCUT2D eigenvalue weighted by molar-refractivity contribution is 5.74. The predicted octanol–water partition coefficient (Wildman–Crippen LogP) is 1.31. The van der Waals surface area contributed by atoms with E-state index in [4.69, 9.17) is 9.84 Å². The SMILES string of the molecule is Cc1nc2ccccc2nc1OCCO. The van der Waals surface area contributed by atoms with Crippen LogP contribution in [0.1, 0.15) is 5.69 Å². The molecule has 1 heterocycles. The molecular formula is C11H12N2O2. The third-order valence-electron chi connectivity index (χ3n) is 2.03. The number of rotatable bonds is 3. The third-order valence-corrected chi connectivity index (χ3v) is 2.03. The summed E-state index contributed by atoms with van der Waals surface area (Å²) < 4.78 is 5.27. The van der Waals surface area contributed by atoms with Crippen molar-refractivity contribution in [3.63, 3.8) is 0 Å². The molecule has 15 heavy (non-hydrogen) atoms. The molecule has 0 radical (unpaired) electrons. The lowest BCUT2D eigenvalue weighted by molar-refractivity contribution is 0.196. The van der Waals surface area contributed by atoms with Gasteiger partial charge in [0.05, 0.1) is 17.6 Å². The molecule has 0 amide bonds. The molecule has 2 aromatic rings. The summed E-state index contributed by atoms with van der Waals surface area (Å²) in [5.41, 5.74) is 2.39. The van der Waals surface area contributed by atoms with Crippen molar-refractivity contribution in [1.29, 1.82) is 0 Å². The van der Waals surface area contributed by atoms with Gasteiger partial charge in [-0.25, -0.2) is 9.97 Å². The molecule has 1 N–H and O–H groups in total. The van der Waals surface area contributed by atoms with E-state index in [1.165, 1.54) is 0 Å². The van der Waals surface area contributed by atoms with Crippen LogP contribution in [0, 0.1) is 6.92 Å². The molecule has 1 aromatic heterocycles. The zero-order valence-electron chi connectivity index (χ0n) is 8.47. The van der Waals surface area contributed by atoms with Crippen LogP contribution < -0.4 is 4.74 Å². The highest BCUT2D eigenvalue weighted by Crippen LogP contribution is 2.17. The Kier molecular flexibility index (Phi) is 2.78. The summed E-state index contributed by atoms with van der Waals surface area (Å²) in [4.78, 5) is 8.68. The maximum atomic E-state index is 8.66. The number of hydrogen-bond donors (Lipinski definition) is 1. The lowest BCUT2D eigenvalue weighted by Crippen LogP contribution is -2.05. The number of aryl methyl sites for hydroxylation is 1. The number of aliphatic hydroxyl groups is 1. The van der Waals surface area contributed by atoms with Crippen LogP contribution >= 0.6 is 0 Å². The fraction of sp³-hybridized carbons (Fsp3) is 0.273. The highest BCUT2D eigenvalue weighted by Gasteiger charge is 2.04.